The summed E-state index contributed by atoms with van der Waals surface area (Å²) in [5.41, 5.74) is 11.1. The van der Waals surface area contributed by atoms with Crippen LogP contribution in [0.1, 0.15) is 24.0 Å². The van der Waals surface area contributed by atoms with Crippen molar-refractivity contribution in [3.8, 4) is 11.1 Å². The van der Waals surface area contributed by atoms with Crippen LogP contribution in [0.4, 0.5) is 22.4 Å². The largest absolute Gasteiger partial charge is 0.399 e. The quantitative estimate of drug-likeness (QED) is 0.154. The van der Waals surface area contributed by atoms with Crippen molar-refractivity contribution in [1.82, 2.24) is 30.2 Å². The third-order valence-electron chi connectivity index (χ3n) is 5.98. The minimum absolute atomic E-state index is 0.135. The number of carbonyl (C=O) groups is 2. The lowest BCUT2D eigenvalue weighted by molar-refractivity contribution is -0.115. The second-order valence-electron chi connectivity index (χ2n) is 8.73. The lowest BCUT2D eigenvalue weighted by Crippen LogP contribution is -2.22. The summed E-state index contributed by atoms with van der Waals surface area (Å²) in [5, 5.41) is 15.8. The first kappa shape index (κ1) is 21.6. The predicted octanol–water partition coefficient (Wildman–Crippen LogP) is 2.74. The lowest BCUT2D eigenvalue weighted by atomic mass is 9.99. The molecule has 1 aliphatic heterocycles. The van der Waals surface area contributed by atoms with E-state index in [2.05, 4.69) is 42.4 Å². The molecule has 2 aromatic heterocycles. The van der Waals surface area contributed by atoms with Crippen molar-refractivity contribution < 1.29 is 9.59 Å². The highest BCUT2D eigenvalue weighted by Crippen LogP contribution is 2.28. The van der Waals surface area contributed by atoms with E-state index in [1.807, 2.05) is 42.5 Å². The summed E-state index contributed by atoms with van der Waals surface area (Å²) in [6, 6.07) is 15.6. The monoisotopic (exact) mass is 481 g/mol. The molecule has 11 nitrogen and oxygen atoms in total. The number of aromatic nitrogens is 4. The Morgan fingerprint density at radius 2 is 1.94 bits per heavy atom. The third kappa shape index (κ3) is 4.29. The molecule has 1 saturated carbocycles. The van der Waals surface area contributed by atoms with Gasteiger partial charge >= 0.3 is 6.03 Å². The fourth-order valence-electron chi connectivity index (χ4n) is 4.05. The van der Waals surface area contributed by atoms with Gasteiger partial charge in [-0.3, -0.25) is 10.1 Å². The van der Waals surface area contributed by atoms with E-state index in [0.717, 1.165) is 29.5 Å². The van der Waals surface area contributed by atoms with Crippen molar-refractivity contribution in [2.24, 2.45) is 0 Å². The van der Waals surface area contributed by atoms with E-state index in [0.29, 0.717) is 41.4 Å². The van der Waals surface area contributed by atoms with Gasteiger partial charge in [0.05, 0.1) is 6.20 Å². The van der Waals surface area contributed by atoms with Crippen molar-refractivity contribution in [3.63, 3.8) is 0 Å². The van der Waals surface area contributed by atoms with Crippen molar-refractivity contribution in [2.75, 3.05) is 16.4 Å². The zero-order valence-electron chi connectivity index (χ0n) is 19.2. The first-order valence-electron chi connectivity index (χ1n) is 11.6. The number of nitrogen functional groups attached to an aromatic ring is 1. The molecule has 0 unspecified atom stereocenters. The molecular formula is C25H23N9O2. The number of nitrogens with two attached hydrogens (primary N) is 1. The molecule has 3 heterocycles. The van der Waals surface area contributed by atoms with Crippen LogP contribution in [-0.2, 0) is 11.3 Å². The molecular weight excluding hydrogens is 458 g/mol. The number of urea groups is 1. The van der Waals surface area contributed by atoms with E-state index in [4.69, 9.17) is 5.73 Å². The summed E-state index contributed by atoms with van der Waals surface area (Å²) in [4.78, 5) is 32.8. The van der Waals surface area contributed by atoms with Crippen molar-refractivity contribution >= 4 is 41.2 Å². The van der Waals surface area contributed by atoms with Crippen LogP contribution in [0.25, 0.3) is 22.9 Å². The van der Waals surface area contributed by atoms with Gasteiger partial charge in [-0.1, -0.05) is 36.4 Å². The predicted molar refractivity (Wildman–Crippen MR) is 136 cm³/mol. The summed E-state index contributed by atoms with van der Waals surface area (Å²) in [6.45, 7) is 0.479. The Balaban J connectivity index is 1.34. The molecule has 6 N–H and O–H groups in total. The maximum absolute atomic E-state index is 12.0. The average Bonchev–Trinajstić information content (AvgIpc) is 3.51. The first-order chi connectivity index (χ1) is 17.5. The number of benzene rings is 2. The zero-order valence-corrected chi connectivity index (χ0v) is 19.2. The van der Waals surface area contributed by atoms with Crippen molar-refractivity contribution in [1.29, 1.82) is 0 Å². The molecule has 11 heteroatoms. The summed E-state index contributed by atoms with van der Waals surface area (Å²) >= 11 is 0. The lowest BCUT2D eigenvalue weighted by Gasteiger charge is -2.13. The number of rotatable bonds is 7. The van der Waals surface area contributed by atoms with Crippen LogP contribution >= 0.6 is 0 Å². The first-order valence-corrected chi connectivity index (χ1v) is 11.6. The molecule has 0 atom stereocenters. The van der Waals surface area contributed by atoms with Crippen LogP contribution in [0.2, 0.25) is 0 Å². The maximum Gasteiger partial charge on any atom is 0.326 e. The molecule has 0 spiro atoms. The number of carbonyl (C=O) groups excluding carboxylic acids is 2. The third-order valence-corrected chi connectivity index (χ3v) is 5.98. The second-order valence-corrected chi connectivity index (χ2v) is 8.73. The zero-order chi connectivity index (χ0) is 24.6. The minimum Gasteiger partial charge on any atom is -0.399 e. The normalized spacial score (nSPS) is 16.3. The Bertz CT molecular complexity index is 1540. The topological polar surface area (TPSA) is 151 Å². The van der Waals surface area contributed by atoms with E-state index in [-0.39, 0.29) is 5.70 Å². The van der Waals surface area contributed by atoms with Gasteiger partial charge in [-0.2, -0.15) is 19.6 Å². The van der Waals surface area contributed by atoms with Gasteiger partial charge in [-0.05, 0) is 47.7 Å². The van der Waals surface area contributed by atoms with Gasteiger partial charge in [-0.15, -0.1) is 0 Å². The number of imide groups is 1. The number of nitrogens with one attached hydrogen (secondary N) is 4. The van der Waals surface area contributed by atoms with Crippen LogP contribution in [-0.4, -0.2) is 37.6 Å². The smallest absolute Gasteiger partial charge is 0.326 e. The van der Waals surface area contributed by atoms with Crippen molar-refractivity contribution in [3.05, 3.63) is 71.6 Å². The molecule has 3 amide bonds. The van der Waals surface area contributed by atoms with Gasteiger partial charge in [0, 0.05) is 23.8 Å². The fourth-order valence-corrected chi connectivity index (χ4v) is 4.05. The summed E-state index contributed by atoms with van der Waals surface area (Å²) in [7, 11) is 0. The van der Waals surface area contributed by atoms with Crippen LogP contribution in [0.5, 0.6) is 0 Å². The Hall–Kier alpha value is -4.93. The van der Waals surface area contributed by atoms with Crippen LogP contribution in [0.3, 0.4) is 0 Å². The van der Waals surface area contributed by atoms with Gasteiger partial charge in [0.1, 0.15) is 5.70 Å². The SMILES string of the molecule is Nc1cccc(-c2ccccc2CNc2nc(NC3CC3)n3ncc(/C=C4\NC(=O)NC4=O)c3n2)c1. The molecule has 4 aromatic rings. The van der Waals surface area contributed by atoms with E-state index in [1.54, 1.807) is 16.8 Å². The van der Waals surface area contributed by atoms with Crippen LogP contribution in [0.15, 0.2) is 60.4 Å². The Kier molecular flexibility index (Phi) is 5.21. The number of anilines is 3. The Morgan fingerprint density at radius 1 is 1.08 bits per heavy atom. The number of amides is 3. The molecule has 1 aliphatic carbocycles. The van der Waals surface area contributed by atoms with E-state index >= 15 is 0 Å². The molecule has 2 aromatic carbocycles. The van der Waals surface area contributed by atoms with Gasteiger partial charge < -0.3 is 21.7 Å². The molecule has 2 aliphatic rings. The molecule has 2 fully saturated rings. The summed E-state index contributed by atoms with van der Waals surface area (Å²) in [5.74, 6) is 0.466. The van der Waals surface area contributed by atoms with Crippen LogP contribution < -0.4 is 27.0 Å². The highest BCUT2D eigenvalue weighted by molar-refractivity contribution is 6.14. The highest BCUT2D eigenvalue weighted by atomic mass is 16.2. The highest BCUT2D eigenvalue weighted by Gasteiger charge is 2.26. The Morgan fingerprint density at radius 3 is 2.72 bits per heavy atom. The van der Waals surface area contributed by atoms with E-state index < -0.39 is 11.9 Å². The minimum atomic E-state index is -0.561. The van der Waals surface area contributed by atoms with Gasteiger partial charge in [-0.25, -0.2) is 4.79 Å². The van der Waals surface area contributed by atoms with Crippen molar-refractivity contribution in [2.45, 2.75) is 25.4 Å². The molecule has 0 radical (unpaired) electrons. The molecule has 6 rings (SSSR count). The van der Waals surface area contributed by atoms with E-state index in [9.17, 15) is 9.59 Å². The average molecular weight is 482 g/mol. The summed E-state index contributed by atoms with van der Waals surface area (Å²) < 4.78 is 1.60. The molecule has 1 saturated heterocycles. The standard InChI is InChI=1S/C25H23N9O2/c26-17-6-3-5-14(10-17)19-7-2-1-4-15(19)12-27-23-31-21-16(11-20-22(35)32-25(36)30-20)13-28-34(21)24(33-23)29-18-8-9-18/h1-7,10-11,13,18H,8-9,12,26H2,(H2,27,29,31,33)(H2,30,32,35,36)/b20-11-. The van der Waals surface area contributed by atoms with Gasteiger partial charge in [0.2, 0.25) is 11.9 Å². The fraction of sp³-hybridized carbons (Fsp3) is 0.160. The number of hydrogen-bond acceptors (Lipinski definition) is 8. The van der Waals surface area contributed by atoms with Gasteiger partial charge in [0.25, 0.3) is 5.91 Å². The van der Waals surface area contributed by atoms with E-state index in [1.165, 1.54) is 0 Å². The molecule has 180 valence electrons. The Labute approximate surface area is 205 Å². The van der Waals surface area contributed by atoms with Gasteiger partial charge in [0.15, 0.2) is 5.65 Å². The molecule has 36 heavy (non-hydrogen) atoms. The molecule has 0 bridgehead atoms. The maximum atomic E-state index is 12.0. The number of nitrogens with zero attached hydrogens (tertiary/aromatic N) is 4. The summed E-state index contributed by atoms with van der Waals surface area (Å²) in [6.07, 6.45) is 5.26. The number of hydrogen-bond donors (Lipinski definition) is 5. The van der Waals surface area contributed by atoms with Crippen LogP contribution in [0, 0.1) is 0 Å². The number of fused-ring (bicyclic) bond motifs is 1. The second kappa shape index (κ2) is 8.69.